The van der Waals surface area contributed by atoms with E-state index in [1.807, 2.05) is 78.9 Å². The predicted molar refractivity (Wildman–Crippen MR) is 105 cm³/mol. The molecule has 2 aliphatic rings. The number of carbonyl (C=O) groups excluding carboxylic acids is 1. The van der Waals surface area contributed by atoms with Crippen molar-refractivity contribution >= 4 is 28.9 Å². The number of hydrogen-bond donors (Lipinski definition) is 1. The molecule has 0 aliphatic carbocycles. The number of para-hydroxylation sites is 1. The van der Waals surface area contributed by atoms with Crippen LogP contribution in [0.2, 0.25) is 5.02 Å². The molecule has 0 unspecified atom stereocenters. The molecule has 1 N–H and O–H groups in total. The summed E-state index contributed by atoms with van der Waals surface area (Å²) in [5, 5.41) is 7.98. The van der Waals surface area contributed by atoms with Crippen molar-refractivity contribution in [2.75, 3.05) is 5.32 Å². The fraction of sp³-hybridized carbons (Fsp3) is 0.0909. The first-order valence-electron chi connectivity index (χ1n) is 8.68. The average molecular weight is 375 g/mol. The second-order valence-electron chi connectivity index (χ2n) is 6.65. The third kappa shape index (κ3) is 2.30. The van der Waals surface area contributed by atoms with E-state index in [1.54, 1.807) is 0 Å². The number of nitrogens with zero attached hydrogens (tertiary/aromatic N) is 1. The maximum Gasteiger partial charge on any atom is 0.277 e. The summed E-state index contributed by atoms with van der Waals surface area (Å²) in [7, 11) is 0. The fourth-order valence-corrected chi connectivity index (χ4v) is 4.05. The van der Waals surface area contributed by atoms with Crippen molar-refractivity contribution in [3.8, 4) is 0 Å². The standard InChI is InChI=1S/C22H15ClN2O2/c23-16-12-10-14(11-13-16)19-20(15-6-2-1-3-7-15)25-27-22(19)17-8-4-5-9-18(17)24-21(22)26/h1-13,19H,(H,24,26)/t19-,22-/m0/s1. The number of rotatable bonds is 2. The van der Waals surface area contributed by atoms with Crippen LogP contribution in [0.4, 0.5) is 5.69 Å². The maximum absolute atomic E-state index is 13.1. The van der Waals surface area contributed by atoms with E-state index in [9.17, 15) is 4.79 Å². The van der Waals surface area contributed by atoms with Crippen LogP contribution in [0.15, 0.2) is 84.0 Å². The Morgan fingerprint density at radius 2 is 1.63 bits per heavy atom. The lowest BCUT2D eigenvalue weighted by molar-refractivity contribution is -0.139. The fourth-order valence-electron chi connectivity index (χ4n) is 3.93. The Morgan fingerprint density at radius 3 is 2.41 bits per heavy atom. The van der Waals surface area contributed by atoms with Crippen molar-refractivity contribution < 1.29 is 9.63 Å². The van der Waals surface area contributed by atoms with Gasteiger partial charge in [0.2, 0.25) is 0 Å². The summed E-state index contributed by atoms with van der Waals surface area (Å²) in [6.45, 7) is 0. The molecule has 27 heavy (non-hydrogen) atoms. The molecule has 5 heteroatoms. The molecule has 4 nitrogen and oxygen atoms in total. The molecule has 0 aromatic heterocycles. The highest BCUT2D eigenvalue weighted by Gasteiger charge is 2.61. The van der Waals surface area contributed by atoms with Crippen molar-refractivity contribution in [1.29, 1.82) is 0 Å². The van der Waals surface area contributed by atoms with Gasteiger partial charge in [-0.15, -0.1) is 0 Å². The molecular weight excluding hydrogens is 360 g/mol. The van der Waals surface area contributed by atoms with Crippen LogP contribution in [0.1, 0.15) is 22.6 Å². The van der Waals surface area contributed by atoms with Gasteiger partial charge in [-0.25, -0.2) is 0 Å². The molecule has 3 aromatic carbocycles. The average Bonchev–Trinajstić information content (AvgIpc) is 3.23. The first-order chi connectivity index (χ1) is 13.2. The molecule has 1 spiro atoms. The first-order valence-corrected chi connectivity index (χ1v) is 9.06. The van der Waals surface area contributed by atoms with Crippen LogP contribution in [0.3, 0.4) is 0 Å². The van der Waals surface area contributed by atoms with Gasteiger partial charge < -0.3 is 10.2 Å². The molecule has 0 bridgehead atoms. The van der Waals surface area contributed by atoms with Gasteiger partial charge in [0.05, 0.1) is 11.6 Å². The van der Waals surface area contributed by atoms with E-state index in [0.717, 1.165) is 28.1 Å². The van der Waals surface area contributed by atoms with Gasteiger partial charge in [0.25, 0.3) is 11.5 Å². The minimum Gasteiger partial charge on any atom is -0.373 e. The van der Waals surface area contributed by atoms with Crippen LogP contribution in [0, 0.1) is 0 Å². The Hall–Kier alpha value is -3.11. The second-order valence-corrected chi connectivity index (χ2v) is 7.09. The Kier molecular flexibility index (Phi) is 3.55. The van der Waals surface area contributed by atoms with Gasteiger partial charge in [-0.3, -0.25) is 4.79 Å². The van der Waals surface area contributed by atoms with Crippen molar-refractivity contribution in [3.05, 3.63) is 101 Å². The number of benzene rings is 3. The number of nitrogens with one attached hydrogen (secondary N) is 1. The van der Waals surface area contributed by atoms with Crippen LogP contribution >= 0.6 is 11.6 Å². The first kappa shape index (κ1) is 16.1. The minimum atomic E-state index is -1.23. The number of anilines is 1. The normalized spacial score (nSPS) is 22.9. The second kappa shape index (κ2) is 5.96. The summed E-state index contributed by atoms with van der Waals surface area (Å²) < 4.78 is 0. The van der Waals surface area contributed by atoms with Crippen molar-refractivity contribution in [3.63, 3.8) is 0 Å². The van der Waals surface area contributed by atoms with E-state index >= 15 is 0 Å². The van der Waals surface area contributed by atoms with E-state index in [2.05, 4.69) is 10.5 Å². The molecule has 2 heterocycles. The summed E-state index contributed by atoms with van der Waals surface area (Å²) >= 11 is 6.09. The van der Waals surface area contributed by atoms with Gasteiger partial charge in [-0.05, 0) is 23.8 Å². The minimum absolute atomic E-state index is 0.210. The SMILES string of the molecule is O=C1Nc2ccccc2[C@@]12ON=C(c1ccccc1)[C@@H]2c1ccc(Cl)cc1. The number of halogens is 1. The van der Waals surface area contributed by atoms with E-state index < -0.39 is 5.60 Å². The maximum atomic E-state index is 13.1. The molecule has 0 fully saturated rings. The van der Waals surface area contributed by atoms with Crippen molar-refractivity contribution in [1.82, 2.24) is 0 Å². The van der Waals surface area contributed by atoms with Gasteiger partial charge >= 0.3 is 0 Å². The van der Waals surface area contributed by atoms with Crippen molar-refractivity contribution in [2.45, 2.75) is 11.5 Å². The molecular formula is C22H15ClN2O2. The number of carbonyl (C=O) groups is 1. The topological polar surface area (TPSA) is 50.7 Å². The number of oxime groups is 1. The number of fused-ring (bicyclic) bond motifs is 2. The van der Waals surface area contributed by atoms with Crippen LogP contribution < -0.4 is 5.32 Å². The molecule has 2 atom stereocenters. The molecule has 1 amide bonds. The lowest BCUT2D eigenvalue weighted by atomic mass is 9.74. The molecule has 0 saturated carbocycles. The molecule has 3 aromatic rings. The van der Waals surface area contributed by atoms with Crippen molar-refractivity contribution in [2.24, 2.45) is 5.16 Å². The molecule has 0 saturated heterocycles. The summed E-state index contributed by atoms with van der Waals surface area (Å²) in [5.41, 5.74) is 2.90. The van der Waals surface area contributed by atoms with Gasteiger partial charge in [0.1, 0.15) is 0 Å². The van der Waals surface area contributed by atoms with Gasteiger partial charge in [0, 0.05) is 21.8 Å². The zero-order chi connectivity index (χ0) is 18.4. The smallest absolute Gasteiger partial charge is 0.277 e. The summed E-state index contributed by atoms with van der Waals surface area (Å²) in [6, 6.07) is 24.9. The highest BCUT2D eigenvalue weighted by molar-refractivity contribution is 6.30. The lowest BCUT2D eigenvalue weighted by Gasteiger charge is -2.28. The van der Waals surface area contributed by atoms with E-state index in [-0.39, 0.29) is 11.8 Å². The van der Waals surface area contributed by atoms with Gasteiger partial charge in [0.15, 0.2) is 0 Å². The Labute approximate surface area is 161 Å². The lowest BCUT2D eigenvalue weighted by Crippen LogP contribution is -2.41. The van der Waals surface area contributed by atoms with Crippen LogP contribution in [-0.4, -0.2) is 11.6 Å². The highest BCUT2D eigenvalue weighted by atomic mass is 35.5. The third-order valence-corrected chi connectivity index (χ3v) is 5.41. The van der Waals surface area contributed by atoms with E-state index in [1.165, 1.54) is 0 Å². The summed E-state index contributed by atoms with van der Waals surface area (Å²) in [5.74, 6) is -0.598. The predicted octanol–water partition coefficient (Wildman–Crippen LogP) is 4.71. The molecule has 2 aliphatic heterocycles. The quantitative estimate of drug-likeness (QED) is 0.706. The van der Waals surface area contributed by atoms with Gasteiger partial charge in [-0.1, -0.05) is 77.4 Å². The molecule has 0 radical (unpaired) electrons. The van der Waals surface area contributed by atoms with Crippen LogP contribution in [0.25, 0.3) is 0 Å². The van der Waals surface area contributed by atoms with Crippen LogP contribution in [0.5, 0.6) is 0 Å². The molecule has 5 rings (SSSR count). The Morgan fingerprint density at radius 1 is 0.926 bits per heavy atom. The third-order valence-electron chi connectivity index (χ3n) is 5.15. The Balaban J connectivity index is 1.73. The largest absolute Gasteiger partial charge is 0.373 e. The van der Waals surface area contributed by atoms with Crippen LogP contribution in [-0.2, 0) is 15.2 Å². The zero-order valence-electron chi connectivity index (χ0n) is 14.2. The zero-order valence-corrected chi connectivity index (χ0v) is 15.0. The highest BCUT2D eigenvalue weighted by Crippen LogP contribution is 2.52. The van der Waals surface area contributed by atoms with E-state index in [0.29, 0.717) is 5.02 Å². The Bertz CT molecular complexity index is 1060. The summed E-state index contributed by atoms with van der Waals surface area (Å²) in [4.78, 5) is 19.1. The number of hydrogen-bond acceptors (Lipinski definition) is 3. The monoisotopic (exact) mass is 374 g/mol. The molecule has 132 valence electrons. The van der Waals surface area contributed by atoms with Gasteiger partial charge in [-0.2, -0.15) is 0 Å². The summed E-state index contributed by atoms with van der Waals surface area (Å²) in [6.07, 6.45) is 0. The van der Waals surface area contributed by atoms with E-state index in [4.69, 9.17) is 16.4 Å². The number of amides is 1.